The molecule has 1 heterocycles. The van der Waals surface area contributed by atoms with Crippen molar-refractivity contribution < 1.29 is 8.42 Å². The number of nitrogens with one attached hydrogen (secondary N) is 1. The van der Waals surface area contributed by atoms with Crippen LogP contribution < -0.4 is 4.72 Å². The van der Waals surface area contributed by atoms with E-state index in [1.165, 1.54) is 4.31 Å². The summed E-state index contributed by atoms with van der Waals surface area (Å²) in [6.45, 7) is 2.91. The largest absolute Gasteiger partial charge is 0.280 e. The topological polar surface area (TPSA) is 73.2 Å². The zero-order chi connectivity index (χ0) is 10.6. The van der Waals surface area contributed by atoms with E-state index in [9.17, 15) is 8.42 Å². The van der Waals surface area contributed by atoms with E-state index in [1.807, 2.05) is 6.07 Å². The Bertz CT molecular complexity index is 314. The van der Waals surface area contributed by atoms with Gasteiger partial charge in [-0.15, -0.1) is 0 Å². The highest BCUT2D eigenvalue weighted by Gasteiger charge is 2.26. The van der Waals surface area contributed by atoms with Gasteiger partial charge in [-0.25, -0.2) is 0 Å². The van der Waals surface area contributed by atoms with E-state index in [0.717, 1.165) is 12.8 Å². The first kappa shape index (κ1) is 11.4. The molecule has 1 N–H and O–H groups in total. The highest BCUT2D eigenvalue weighted by Crippen LogP contribution is 2.11. The second kappa shape index (κ2) is 4.73. The van der Waals surface area contributed by atoms with E-state index in [2.05, 4.69) is 4.72 Å². The van der Waals surface area contributed by atoms with Crippen LogP contribution in [0.2, 0.25) is 0 Å². The van der Waals surface area contributed by atoms with Gasteiger partial charge in [-0.2, -0.15) is 22.7 Å². The van der Waals surface area contributed by atoms with E-state index in [-0.39, 0.29) is 0 Å². The molecule has 0 aromatic rings. The molecule has 0 radical (unpaired) electrons. The Hall–Kier alpha value is -0.640. The molecule has 0 bridgehead atoms. The minimum absolute atomic E-state index is 0.490. The van der Waals surface area contributed by atoms with Crippen molar-refractivity contribution in [2.45, 2.75) is 32.2 Å². The third-order valence-electron chi connectivity index (χ3n) is 2.26. The minimum Gasteiger partial charge on any atom is -0.197 e. The van der Waals surface area contributed by atoms with Gasteiger partial charge in [0.15, 0.2) is 0 Å². The van der Waals surface area contributed by atoms with Crippen molar-refractivity contribution in [3.05, 3.63) is 0 Å². The van der Waals surface area contributed by atoms with Crippen LogP contribution in [0.15, 0.2) is 0 Å². The molecule has 1 rings (SSSR count). The summed E-state index contributed by atoms with van der Waals surface area (Å²) in [4.78, 5) is 0. The molecule has 1 fully saturated rings. The second-order valence-electron chi connectivity index (χ2n) is 3.32. The molecule has 0 aliphatic carbocycles. The highest BCUT2D eigenvalue weighted by molar-refractivity contribution is 7.87. The zero-order valence-electron chi connectivity index (χ0n) is 8.23. The van der Waals surface area contributed by atoms with Gasteiger partial charge in [0, 0.05) is 13.1 Å². The molecule has 0 amide bonds. The molecule has 0 saturated carbocycles. The van der Waals surface area contributed by atoms with Gasteiger partial charge < -0.3 is 0 Å². The smallest absolute Gasteiger partial charge is 0.197 e. The molecular formula is C8H15N3O2S. The van der Waals surface area contributed by atoms with Crippen LogP contribution in [0, 0.1) is 11.3 Å². The lowest BCUT2D eigenvalue weighted by Crippen LogP contribution is -2.43. The first-order valence-electron chi connectivity index (χ1n) is 4.77. The maximum atomic E-state index is 11.6. The van der Waals surface area contributed by atoms with Crippen LogP contribution >= 0.6 is 0 Å². The Labute approximate surface area is 84.9 Å². The maximum absolute atomic E-state index is 11.6. The predicted octanol–water partition coefficient (Wildman–Crippen LogP) is 0.219. The summed E-state index contributed by atoms with van der Waals surface area (Å²) in [5.41, 5.74) is 0. The van der Waals surface area contributed by atoms with E-state index in [4.69, 9.17) is 5.26 Å². The van der Waals surface area contributed by atoms with Crippen molar-refractivity contribution in [1.82, 2.24) is 9.03 Å². The Kier molecular flexibility index (Phi) is 3.86. The normalized spacial score (nSPS) is 20.6. The molecule has 6 heteroatoms. The Balaban J connectivity index is 2.61. The lowest BCUT2D eigenvalue weighted by atomic mass is 10.3. The van der Waals surface area contributed by atoms with Gasteiger partial charge in [0.1, 0.15) is 6.04 Å². The molecule has 1 aliphatic heterocycles. The molecule has 0 aromatic heterocycles. The fourth-order valence-electron chi connectivity index (χ4n) is 1.38. The molecule has 0 spiro atoms. The second-order valence-corrected chi connectivity index (χ2v) is 5.02. The van der Waals surface area contributed by atoms with Gasteiger partial charge in [0.25, 0.3) is 10.2 Å². The molecule has 1 unspecified atom stereocenters. The number of rotatable bonds is 4. The lowest BCUT2D eigenvalue weighted by Gasteiger charge is -2.17. The molecule has 14 heavy (non-hydrogen) atoms. The van der Waals surface area contributed by atoms with Crippen molar-refractivity contribution in [2.24, 2.45) is 0 Å². The van der Waals surface area contributed by atoms with Crippen LogP contribution in [0.5, 0.6) is 0 Å². The number of hydrogen-bond acceptors (Lipinski definition) is 3. The standard InChI is InChI=1S/C8H15N3O2S/c1-2-8(7-9)10-14(12,13)11-5-3-4-6-11/h8,10H,2-6H2,1H3. The van der Waals surface area contributed by atoms with Crippen LogP contribution in [0.3, 0.4) is 0 Å². The monoisotopic (exact) mass is 217 g/mol. The van der Waals surface area contributed by atoms with Crippen LogP contribution in [0.25, 0.3) is 0 Å². The highest BCUT2D eigenvalue weighted by atomic mass is 32.2. The summed E-state index contributed by atoms with van der Waals surface area (Å²) in [5, 5.41) is 8.64. The fraction of sp³-hybridized carbons (Fsp3) is 0.875. The molecular weight excluding hydrogens is 202 g/mol. The van der Waals surface area contributed by atoms with Crippen LogP contribution in [-0.2, 0) is 10.2 Å². The molecule has 1 aliphatic rings. The Morgan fingerprint density at radius 2 is 2.07 bits per heavy atom. The third kappa shape index (κ3) is 2.67. The summed E-state index contributed by atoms with van der Waals surface area (Å²) in [6.07, 6.45) is 2.30. The van der Waals surface area contributed by atoms with Crippen molar-refractivity contribution in [2.75, 3.05) is 13.1 Å². The van der Waals surface area contributed by atoms with Crippen LogP contribution in [-0.4, -0.2) is 31.9 Å². The van der Waals surface area contributed by atoms with Crippen molar-refractivity contribution in [1.29, 1.82) is 5.26 Å². The number of nitrogens with zero attached hydrogens (tertiary/aromatic N) is 2. The average molecular weight is 217 g/mol. The molecule has 80 valence electrons. The van der Waals surface area contributed by atoms with Gasteiger partial charge >= 0.3 is 0 Å². The molecule has 0 aromatic carbocycles. The van der Waals surface area contributed by atoms with Crippen molar-refractivity contribution in [3.63, 3.8) is 0 Å². The first-order valence-corrected chi connectivity index (χ1v) is 6.21. The summed E-state index contributed by atoms with van der Waals surface area (Å²) < 4.78 is 27.0. The van der Waals surface area contributed by atoms with E-state index in [0.29, 0.717) is 19.5 Å². The average Bonchev–Trinajstić information content (AvgIpc) is 2.67. The predicted molar refractivity (Wildman–Crippen MR) is 52.6 cm³/mol. The Morgan fingerprint density at radius 3 is 2.50 bits per heavy atom. The zero-order valence-corrected chi connectivity index (χ0v) is 9.05. The summed E-state index contributed by atoms with van der Waals surface area (Å²) in [6, 6.07) is 1.30. The van der Waals surface area contributed by atoms with Crippen LogP contribution in [0.4, 0.5) is 0 Å². The molecule has 5 nitrogen and oxygen atoms in total. The van der Waals surface area contributed by atoms with Gasteiger partial charge in [-0.05, 0) is 19.3 Å². The van der Waals surface area contributed by atoms with E-state index < -0.39 is 16.3 Å². The fourth-order valence-corrected chi connectivity index (χ4v) is 2.85. The summed E-state index contributed by atoms with van der Waals surface area (Å²) in [5.74, 6) is 0. The third-order valence-corrected chi connectivity index (χ3v) is 3.89. The molecule has 1 atom stereocenters. The minimum atomic E-state index is -3.42. The Morgan fingerprint density at radius 1 is 1.50 bits per heavy atom. The summed E-state index contributed by atoms with van der Waals surface area (Å²) in [7, 11) is -3.42. The number of nitriles is 1. The first-order chi connectivity index (χ1) is 6.60. The van der Waals surface area contributed by atoms with Gasteiger partial charge in [-0.1, -0.05) is 6.92 Å². The van der Waals surface area contributed by atoms with E-state index >= 15 is 0 Å². The van der Waals surface area contributed by atoms with Gasteiger partial charge in [0.05, 0.1) is 6.07 Å². The lowest BCUT2D eigenvalue weighted by molar-refractivity contribution is 0.459. The van der Waals surface area contributed by atoms with Crippen molar-refractivity contribution >= 4 is 10.2 Å². The van der Waals surface area contributed by atoms with Gasteiger partial charge in [-0.3, -0.25) is 0 Å². The van der Waals surface area contributed by atoms with E-state index in [1.54, 1.807) is 6.92 Å². The maximum Gasteiger partial charge on any atom is 0.280 e. The van der Waals surface area contributed by atoms with Crippen molar-refractivity contribution in [3.8, 4) is 6.07 Å². The summed E-state index contributed by atoms with van der Waals surface area (Å²) >= 11 is 0. The van der Waals surface area contributed by atoms with Gasteiger partial charge in [0.2, 0.25) is 0 Å². The SMILES string of the molecule is CCC(C#N)NS(=O)(=O)N1CCCC1. The quantitative estimate of drug-likeness (QED) is 0.732. The molecule has 1 saturated heterocycles. The van der Waals surface area contributed by atoms with Crippen LogP contribution in [0.1, 0.15) is 26.2 Å². The number of hydrogen-bond donors (Lipinski definition) is 1.